The molecule has 1 N–H and O–H groups in total. The average Bonchev–Trinajstić information content (AvgIpc) is 3.13. The first kappa shape index (κ1) is 17.7. The van der Waals surface area contributed by atoms with Gasteiger partial charge in [0.05, 0.1) is 6.10 Å². The Hall–Kier alpha value is -2.11. The van der Waals surface area contributed by atoms with Crippen LogP contribution in [0.3, 0.4) is 0 Å². The van der Waals surface area contributed by atoms with Gasteiger partial charge in [-0.3, -0.25) is 4.79 Å². The minimum Gasteiger partial charge on any atom is -0.491 e. The maximum absolute atomic E-state index is 12.1. The highest BCUT2D eigenvalue weighted by Gasteiger charge is 2.15. The predicted octanol–water partition coefficient (Wildman–Crippen LogP) is 4.66. The fraction of sp³-hybridized carbons (Fsp3) is 0.250. The Morgan fingerprint density at radius 3 is 2.88 bits per heavy atom. The van der Waals surface area contributed by atoms with Crippen molar-refractivity contribution in [2.75, 3.05) is 18.5 Å². The molecule has 2 aromatic carbocycles. The highest BCUT2D eigenvalue weighted by Crippen LogP contribution is 2.20. The van der Waals surface area contributed by atoms with Crippen molar-refractivity contribution in [1.29, 1.82) is 0 Å². The molecule has 0 aliphatic carbocycles. The van der Waals surface area contributed by atoms with Crippen LogP contribution in [-0.4, -0.2) is 25.2 Å². The zero-order valence-electron chi connectivity index (χ0n) is 13.8. The molecule has 1 saturated heterocycles. The Labute approximate surface area is 156 Å². The van der Waals surface area contributed by atoms with Gasteiger partial charge in [-0.25, -0.2) is 0 Å². The van der Waals surface area contributed by atoms with E-state index in [1.54, 1.807) is 6.08 Å². The number of anilines is 1. The number of carbonyl (C=O) groups excluding carboxylic acids is 1. The van der Waals surface area contributed by atoms with Crippen molar-refractivity contribution in [3.63, 3.8) is 0 Å². The van der Waals surface area contributed by atoms with Gasteiger partial charge < -0.3 is 14.8 Å². The summed E-state index contributed by atoms with van der Waals surface area (Å²) in [4.78, 5) is 12.1. The van der Waals surface area contributed by atoms with E-state index in [1.807, 2.05) is 48.5 Å². The molecule has 1 fully saturated rings. The minimum absolute atomic E-state index is 0.173. The fourth-order valence-corrected chi connectivity index (χ4v) is 2.82. The van der Waals surface area contributed by atoms with E-state index in [2.05, 4.69) is 21.2 Å². The lowest BCUT2D eigenvalue weighted by Crippen LogP contribution is -2.16. The highest BCUT2D eigenvalue weighted by atomic mass is 79.9. The van der Waals surface area contributed by atoms with E-state index in [4.69, 9.17) is 9.47 Å². The van der Waals surface area contributed by atoms with Gasteiger partial charge >= 0.3 is 0 Å². The smallest absolute Gasteiger partial charge is 0.248 e. The lowest BCUT2D eigenvalue weighted by Gasteiger charge is -2.12. The molecule has 1 unspecified atom stereocenters. The maximum atomic E-state index is 12.1. The molecular weight excluding hydrogens is 382 g/mol. The van der Waals surface area contributed by atoms with E-state index in [1.165, 1.54) is 6.08 Å². The quantitative estimate of drug-likeness (QED) is 0.715. The molecule has 1 amide bonds. The zero-order valence-corrected chi connectivity index (χ0v) is 15.4. The summed E-state index contributed by atoms with van der Waals surface area (Å²) in [5.74, 6) is 0.546. The molecule has 0 radical (unpaired) electrons. The van der Waals surface area contributed by atoms with Gasteiger partial charge in [0, 0.05) is 28.9 Å². The molecule has 1 heterocycles. The van der Waals surface area contributed by atoms with Crippen molar-refractivity contribution in [1.82, 2.24) is 0 Å². The molecule has 0 saturated carbocycles. The monoisotopic (exact) mass is 401 g/mol. The number of carbonyl (C=O) groups is 1. The number of ether oxygens (including phenoxy) is 2. The molecular formula is C20H20BrNO3. The van der Waals surface area contributed by atoms with E-state index >= 15 is 0 Å². The van der Waals surface area contributed by atoms with Crippen LogP contribution < -0.4 is 10.1 Å². The molecule has 2 aromatic rings. The molecule has 1 atom stereocenters. The molecule has 25 heavy (non-hydrogen) atoms. The second kappa shape index (κ2) is 8.83. The average molecular weight is 402 g/mol. The van der Waals surface area contributed by atoms with E-state index in [-0.39, 0.29) is 12.0 Å². The van der Waals surface area contributed by atoms with Gasteiger partial charge in [0.2, 0.25) is 5.91 Å². The Balaban J connectivity index is 1.53. The molecule has 130 valence electrons. The molecule has 4 nitrogen and oxygen atoms in total. The SMILES string of the molecule is O=C(/C=C/c1ccc(Br)cc1)Nc1cccc(OCC2CCCO2)c1. The number of nitrogens with one attached hydrogen (secondary N) is 1. The molecule has 0 bridgehead atoms. The normalized spacial score (nSPS) is 16.9. The molecule has 0 spiro atoms. The van der Waals surface area contributed by atoms with E-state index in [0.717, 1.165) is 35.2 Å². The Kier molecular flexibility index (Phi) is 6.25. The van der Waals surface area contributed by atoms with Crippen LogP contribution in [0.4, 0.5) is 5.69 Å². The molecule has 0 aromatic heterocycles. The van der Waals surface area contributed by atoms with Gasteiger partial charge in [-0.2, -0.15) is 0 Å². The molecule has 5 heteroatoms. The summed E-state index contributed by atoms with van der Waals surface area (Å²) >= 11 is 3.39. The third kappa shape index (κ3) is 5.73. The summed E-state index contributed by atoms with van der Waals surface area (Å²) in [6.45, 7) is 1.36. The molecule has 1 aliphatic heterocycles. The Morgan fingerprint density at radius 2 is 2.12 bits per heavy atom. The van der Waals surface area contributed by atoms with Crippen LogP contribution in [0.25, 0.3) is 6.08 Å². The van der Waals surface area contributed by atoms with E-state index in [0.29, 0.717) is 12.3 Å². The van der Waals surface area contributed by atoms with E-state index < -0.39 is 0 Å². The van der Waals surface area contributed by atoms with Crippen LogP contribution in [-0.2, 0) is 9.53 Å². The van der Waals surface area contributed by atoms with Crippen LogP contribution in [0.5, 0.6) is 5.75 Å². The second-order valence-corrected chi connectivity index (χ2v) is 6.76. The summed E-state index contributed by atoms with van der Waals surface area (Å²) in [6, 6.07) is 15.1. The first-order chi connectivity index (χ1) is 12.2. The number of hydrogen-bond donors (Lipinski definition) is 1. The van der Waals surface area contributed by atoms with Crippen LogP contribution >= 0.6 is 15.9 Å². The largest absolute Gasteiger partial charge is 0.491 e. The lowest BCUT2D eigenvalue weighted by molar-refractivity contribution is -0.111. The Morgan fingerprint density at radius 1 is 1.28 bits per heavy atom. The number of halogens is 1. The summed E-state index contributed by atoms with van der Waals surface area (Å²) < 4.78 is 12.3. The second-order valence-electron chi connectivity index (χ2n) is 5.85. The summed E-state index contributed by atoms with van der Waals surface area (Å²) in [5.41, 5.74) is 1.67. The lowest BCUT2D eigenvalue weighted by atomic mass is 10.2. The first-order valence-corrected chi connectivity index (χ1v) is 9.07. The van der Waals surface area contributed by atoms with Gasteiger partial charge in [0.1, 0.15) is 12.4 Å². The molecule has 1 aliphatic rings. The number of amides is 1. The summed E-state index contributed by atoms with van der Waals surface area (Å²) in [6.07, 6.45) is 5.60. The van der Waals surface area contributed by atoms with Crippen molar-refractivity contribution in [3.05, 3.63) is 64.6 Å². The van der Waals surface area contributed by atoms with Crippen LogP contribution in [0.2, 0.25) is 0 Å². The van der Waals surface area contributed by atoms with Gasteiger partial charge in [-0.1, -0.05) is 34.1 Å². The summed E-state index contributed by atoms with van der Waals surface area (Å²) in [7, 11) is 0. The summed E-state index contributed by atoms with van der Waals surface area (Å²) in [5, 5.41) is 2.85. The van der Waals surface area contributed by atoms with Crippen molar-refractivity contribution >= 4 is 33.6 Å². The third-order valence-electron chi connectivity index (χ3n) is 3.86. The predicted molar refractivity (Wildman–Crippen MR) is 103 cm³/mol. The first-order valence-electron chi connectivity index (χ1n) is 8.28. The maximum Gasteiger partial charge on any atom is 0.248 e. The van der Waals surface area contributed by atoms with Crippen molar-refractivity contribution < 1.29 is 14.3 Å². The minimum atomic E-state index is -0.181. The van der Waals surface area contributed by atoms with Gasteiger partial charge in [-0.15, -0.1) is 0 Å². The fourth-order valence-electron chi connectivity index (χ4n) is 2.56. The number of hydrogen-bond acceptors (Lipinski definition) is 3. The zero-order chi connectivity index (χ0) is 17.5. The topological polar surface area (TPSA) is 47.6 Å². The Bertz CT molecular complexity index is 737. The van der Waals surface area contributed by atoms with Crippen LogP contribution in [0.1, 0.15) is 18.4 Å². The van der Waals surface area contributed by atoms with Crippen LogP contribution in [0, 0.1) is 0 Å². The van der Waals surface area contributed by atoms with Crippen LogP contribution in [0.15, 0.2) is 59.1 Å². The number of rotatable bonds is 6. The molecule has 3 rings (SSSR count). The van der Waals surface area contributed by atoms with Crippen molar-refractivity contribution in [2.45, 2.75) is 18.9 Å². The van der Waals surface area contributed by atoms with Crippen molar-refractivity contribution in [2.24, 2.45) is 0 Å². The van der Waals surface area contributed by atoms with Gasteiger partial charge in [0.15, 0.2) is 0 Å². The van der Waals surface area contributed by atoms with E-state index in [9.17, 15) is 4.79 Å². The van der Waals surface area contributed by atoms with Gasteiger partial charge in [0.25, 0.3) is 0 Å². The standard InChI is InChI=1S/C20H20BrNO3/c21-16-9-6-15(7-10-16)8-11-20(23)22-17-3-1-4-18(13-17)25-14-19-5-2-12-24-19/h1,3-4,6-11,13,19H,2,5,12,14H2,(H,22,23)/b11-8+. The third-order valence-corrected chi connectivity index (χ3v) is 4.39. The highest BCUT2D eigenvalue weighted by molar-refractivity contribution is 9.10. The van der Waals surface area contributed by atoms with Crippen molar-refractivity contribution in [3.8, 4) is 5.75 Å². The number of benzene rings is 2. The van der Waals surface area contributed by atoms with Gasteiger partial charge in [-0.05, 0) is 48.7 Å².